The summed E-state index contributed by atoms with van der Waals surface area (Å²) in [6, 6.07) is 14.0. The first-order valence-corrected chi connectivity index (χ1v) is 10.4. The van der Waals surface area contributed by atoms with Crippen LogP contribution in [0.3, 0.4) is 0 Å². The summed E-state index contributed by atoms with van der Waals surface area (Å²) >= 11 is 11.4. The first-order valence-electron chi connectivity index (χ1n) is 9.58. The van der Waals surface area contributed by atoms with Gasteiger partial charge >= 0.3 is 0 Å². The van der Waals surface area contributed by atoms with Gasteiger partial charge in [0.15, 0.2) is 5.11 Å². The van der Waals surface area contributed by atoms with Crippen molar-refractivity contribution in [2.24, 2.45) is 0 Å². The second kappa shape index (κ2) is 10.3. The maximum absolute atomic E-state index is 12.7. The fraction of sp³-hybridized carbons (Fsp3) is 0.227. The summed E-state index contributed by atoms with van der Waals surface area (Å²) in [5.41, 5.74) is 2.13. The van der Waals surface area contributed by atoms with E-state index >= 15 is 0 Å². The molecule has 156 valence electrons. The summed E-state index contributed by atoms with van der Waals surface area (Å²) in [5, 5.41) is 6.55. The first-order chi connectivity index (χ1) is 14.5. The number of carbonyl (C=O) groups excluding carboxylic acids is 2. The lowest BCUT2D eigenvalue weighted by molar-refractivity contribution is -0.122. The highest BCUT2D eigenvalue weighted by Gasteiger charge is 2.30. The Morgan fingerprint density at radius 1 is 1.27 bits per heavy atom. The zero-order chi connectivity index (χ0) is 21.5. The molecule has 0 bridgehead atoms. The Bertz CT molecular complexity index is 993. The van der Waals surface area contributed by atoms with Crippen LogP contribution in [-0.2, 0) is 9.53 Å². The van der Waals surface area contributed by atoms with Crippen LogP contribution in [0.15, 0.2) is 54.2 Å². The maximum Gasteiger partial charge on any atom is 0.276 e. The van der Waals surface area contributed by atoms with Crippen molar-refractivity contribution in [2.75, 3.05) is 25.1 Å². The number of halogens is 1. The zero-order valence-corrected chi connectivity index (χ0v) is 18.1. The predicted octanol–water partition coefficient (Wildman–Crippen LogP) is 4.08. The molecule has 2 amide bonds. The van der Waals surface area contributed by atoms with E-state index in [1.165, 1.54) is 4.90 Å². The third-order valence-electron chi connectivity index (χ3n) is 4.41. The van der Waals surface area contributed by atoms with Gasteiger partial charge in [-0.1, -0.05) is 35.9 Å². The molecule has 1 aliphatic rings. The molecule has 8 heteroatoms. The van der Waals surface area contributed by atoms with Gasteiger partial charge in [0, 0.05) is 25.4 Å². The van der Waals surface area contributed by atoms with Gasteiger partial charge in [-0.05, 0) is 61.5 Å². The molecule has 0 saturated carbocycles. The number of nitrogens with zero attached hydrogens (tertiary/aromatic N) is 1. The molecular weight excluding hydrogens is 422 g/mol. The van der Waals surface area contributed by atoms with Crippen LogP contribution in [0.1, 0.15) is 29.3 Å². The minimum Gasteiger partial charge on any atom is -0.382 e. The number of ether oxygens (including phenoxy) is 1. The normalized spacial score (nSPS) is 14.9. The number of hydrogen-bond acceptors (Lipinski definition) is 4. The highest BCUT2D eigenvalue weighted by atomic mass is 35.5. The Labute approximate surface area is 185 Å². The van der Waals surface area contributed by atoms with Crippen molar-refractivity contribution in [3.05, 3.63) is 70.4 Å². The molecule has 0 spiro atoms. The van der Waals surface area contributed by atoms with E-state index < -0.39 is 0 Å². The van der Waals surface area contributed by atoms with Gasteiger partial charge in [0.25, 0.3) is 11.8 Å². The van der Waals surface area contributed by atoms with Crippen LogP contribution < -0.4 is 10.6 Å². The predicted molar refractivity (Wildman–Crippen MR) is 122 cm³/mol. The number of rotatable bonds is 8. The molecule has 2 aromatic rings. The van der Waals surface area contributed by atoms with E-state index in [1.54, 1.807) is 48.5 Å². The SMILES string of the molecule is CCOCCCN1C(=O)/C(=C\c2cccc(NC(=O)c3ccccc3Cl)c2)NC1=S. The molecular formula is C22H22ClN3O3S. The molecule has 0 atom stereocenters. The highest BCUT2D eigenvalue weighted by Crippen LogP contribution is 2.20. The number of nitrogens with one attached hydrogen (secondary N) is 2. The number of anilines is 1. The van der Waals surface area contributed by atoms with Crippen molar-refractivity contribution in [3.63, 3.8) is 0 Å². The molecule has 0 aliphatic carbocycles. The van der Waals surface area contributed by atoms with Crippen LogP contribution >= 0.6 is 23.8 Å². The Balaban J connectivity index is 1.69. The molecule has 1 heterocycles. The van der Waals surface area contributed by atoms with Crippen molar-refractivity contribution in [2.45, 2.75) is 13.3 Å². The lowest BCUT2D eigenvalue weighted by Gasteiger charge is -2.13. The van der Waals surface area contributed by atoms with Crippen molar-refractivity contribution < 1.29 is 14.3 Å². The standard InChI is InChI=1S/C22H22ClN3O3S/c1-2-29-12-6-11-26-21(28)19(25-22(26)30)14-15-7-5-8-16(13-15)24-20(27)17-9-3-4-10-18(17)23/h3-5,7-10,13-14H,2,6,11-12H2,1H3,(H,24,27)(H,25,30)/b19-14+. The van der Waals surface area contributed by atoms with Crippen LogP contribution in [0.25, 0.3) is 6.08 Å². The van der Waals surface area contributed by atoms with E-state index in [0.717, 1.165) is 5.56 Å². The van der Waals surface area contributed by atoms with E-state index in [2.05, 4.69) is 10.6 Å². The van der Waals surface area contributed by atoms with E-state index in [9.17, 15) is 9.59 Å². The Kier molecular flexibility index (Phi) is 7.57. The molecule has 0 radical (unpaired) electrons. The van der Waals surface area contributed by atoms with Gasteiger partial charge in [0.2, 0.25) is 0 Å². The van der Waals surface area contributed by atoms with Crippen LogP contribution in [0.4, 0.5) is 5.69 Å². The van der Waals surface area contributed by atoms with Crippen LogP contribution in [0.5, 0.6) is 0 Å². The summed E-state index contributed by atoms with van der Waals surface area (Å²) < 4.78 is 5.31. The number of amides is 2. The van der Waals surface area contributed by atoms with Crippen molar-refractivity contribution >= 4 is 52.5 Å². The monoisotopic (exact) mass is 443 g/mol. The van der Waals surface area contributed by atoms with Gasteiger partial charge in [-0.25, -0.2) is 0 Å². The van der Waals surface area contributed by atoms with Gasteiger partial charge in [-0.2, -0.15) is 0 Å². The van der Waals surface area contributed by atoms with Crippen molar-refractivity contribution in [3.8, 4) is 0 Å². The summed E-state index contributed by atoms with van der Waals surface area (Å²) in [6.07, 6.45) is 2.42. The summed E-state index contributed by atoms with van der Waals surface area (Å²) in [4.78, 5) is 26.6. The number of carbonyl (C=O) groups is 2. The second-order valence-corrected chi connectivity index (χ2v) is 7.35. The molecule has 1 saturated heterocycles. The largest absolute Gasteiger partial charge is 0.382 e. The molecule has 0 unspecified atom stereocenters. The molecule has 3 rings (SSSR count). The summed E-state index contributed by atoms with van der Waals surface area (Å²) in [5.74, 6) is -0.482. The van der Waals surface area contributed by atoms with E-state index in [1.807, 2.05) is 13.0 Å². The summed E-state index contributed by atoms with van der Waals surface area (Å²) in [7, 11) is 0. The smallest absolute Gasteiger partial charge is 0.276 e. The minimum atomic E-state index is -0.304. The average Bonchev–Trinajstić information content (AvgIpc) is 2.99. The van der Waals surface area contributed by atoms with Gasteiger partial charge in [-0.15, -0.1) is 0 Å². The fourth-order valence-corrected chi connectivity index (χ4v) is 3.47. The van der Waals surface area contributed by atoms with Crippen LogP contribution in [0.2, 0.25) is 5.02 Å². The van der Waals surface area contributed by atoms with E-state index in [0.29, 0.717) is 53.3 Å². The van der Waals surface area contributed by atoms with Crippen molar-refractivity contribution in [1.29, 1.82) is 0 Å². The molecule has 30 heavy (non-hydrogen) atoms. The third kappa shape index (κ3) is 5.44. The number of benzene rings is 2. The van der Waals surface area contributed by atoms with Gasteiger partial charge in [-0.3, -0.25) is 14.5 Å². The fourth-order valence-electron chi connectivity index (χ4n) is 2.96. The molecule has 1 fully saturated rings. The van der Waals surface area contributed by atoms with Gasteiger partial charge in [0.1, 0.15) is 5.70 Å². The first kappa shape index (κ1) is 22.0. The topological polar surface area (TPSA) is 70.7 Å². The number of hydrogen-bond donors (Lipinski definition) is 2. The summed E-state index contributed by atoms with van der Waals surface area (Å²) in [6.45, 7) is 3.65. The third-order valence-corrected chi connectivity index (χ3v) is 5.06. The molecule has 2 aromatic carbocycles. The Morgan fingerprint density at radius 3 is 2.83 bits per heavy atom. The Hall–Kier alpha value is -2.74. The van der Waals surface area contributed by atoms with Crippen LogP contribution in [0, 0.1) is 0 Å². The maximum atomic E-state index is 12.7. The lowest BCUT2D eigenvalue weighted by atomic mass is 10.1. The van der Waals surface area contributed by atoms with Gasteiger partial charge in [0.05, 0.1) is 10.6 Å². The average molecular weight is 444 g/mol. The molecule has 6 nitrogen and oxygen atoms in total. The quantitative estimate of drug-likeness (QED) is 0.365. The lowest BCUT2D eigenvalue weighted by Crippen LogP contribution is -2.32. The zero-order valence-electron chi connectivity index (χ0n) is 16.5. The van der Waals surface area contributed by atoms with Crippen molar-refractivity contribution in [1.82, 2.24) is 10.2 Å². The highest BCUT2D eigenvalue weighted by molar-refractivity contribution is 7.80. The van der Waals surface area contributed by atoms with Crippen LogP contribution in [-0.4, -0.2) is 41.6 Å². The second-order valence-electron chi connectivity index (χ2n) is 6.55. The molecule has 1 aliphatic heterocycles. The minimum absolute atomic E-state index is 0.179. The Morgan fingerprint density at radius 2 is 2.07 bits per heavy atom. The molecule has 0 aromatic heterocycles. The van der Waals surface area contributed by atoms with E-state index in [-0.39, 0.29) is 11.8 Å². The molecule has 2 N–H and O–H groups in total. The van der Waals surface area contributed by atoms with Gasteiger partial charge < -0.3 is 15.4 Å². The number of thiocarbonyl (C=S) groups is 1. The van der Waals surface area contributed by atoms with E-state index in [4.69, 9.17) is 28.6 Å².